The molecule has 1 fully saturated rings. The molecule has 4 nitrogen and oxygen atoms in total. The molecular weight excluding hydrogens is 260 g/mol. The van der Waals surface area contributed by atoms with Crippen LogP contribution in [0.25, 0.3) is 0 Å². The van der Waals surface area contributed by atoms with Crippen molar-refractivity contribution >= 4 is 10.0 Å². The van der Waals surface area contributed by atoms with Gasteiger partial charge in [-0.15, -0.1) is 0 Å². The fourth-order valence-corrected chi connectivity index (χ4v) is 3.59. The van der Waals surface area contributed by atoms with Crippen LogP contribution in [0.3, 0.4) is 0 Å². The molecule has 0 aromatic heterocycles. The van der Waals surface area contributed by atoms with Crippen LogP contribution >= 0.6 is 0 Å². The van der Waals surface area contributed by atoms with E-state index in [1.165, 1.54) is 12.8 Å². The number of hydrogen-bond donors (Lipinski definition) is 2. The van der Waals surface area contributed by atoms with Gasteiger partial charge in [0.2, 0.25) is 10.0 Å². The fourth-order valence-electron chi connectivity index (χ4n) is 2.26. The molecule has 0 saturated heterocycles. The number of benzene rings is 1. The second-order valence-corrected chi connectivity index (χ2v) is 7.09. The molecule has 0 aliphatic heterocycles. The van der Waals surface area contributed by atoms with Gasteiger partial charge in [0.15, 0.2) is 0 Å². The van der Waals surface area contributed by atoms with E-state index in [2.05, 4.69) is 10.0 Å². The lowest BCUT2D eigenvalue weighted by Crippen LogP contribution is -2.33. The predicted molar refractivity (Wildman–Crippen MR) is 76.3 cm³/mol. The van der Waals surface area contributed by atoms with E-state index >= 15 is 0 Å². The topological polar surface area (TPSA) is 58.2 Å². The summed E-state index contributed by atoms with van der Waals surface area (Å²) in [7, 11) is -1.55. The maximum atomic E-state index is 12.3. The first-order valence-corrected chi connectivity index (χ1v) is 8.25. The van der Waals surface area contributed by atoms with Gasteiger partial charge < -0.3 is 5.32 Å². The Hall–Kier alpha value is -0.910. The Morgan fingerprint density at radius 3 is 2.74 bits per heavy atom. The van der Waals surface area contributed by atoms with E-state index in [1.807, 2.05) is 20.0 Å². The third-order valence-electron chi connectivity index (χ3n) is 3.33. The molecule has 0 spiro atoms. The van der Waals surface area contributed by atoms with Gasteiger partial charge in [0.05, 0.1) is 4.90 Å². The summed E-state index contributed by atoms with van der Waals surface area (Å²) in [6.45, 7) is 2.61. The minimum absolute atomic E-state index is 0.00505. The number of rotatable bonds is 7. The molecule has 19 heavy (non-hydrogen) atoms. The molecule has 0 bridgehead atoms. The van der Waals surface area contributed by atoms with Crippen LogP contribution in [0, 0.1) is 5.92 Å². The molecule has 1 aliphatic rings. The van der Waals surface area contributed by atoms with Gasteiger partial charge in [-0.3, -0.25) is 0 Å². The summed E-state index contributed by atoms with van der Waals surface area (Å²) in [5, 5.41) is 3.02. The van der Waals surface area contributed by atoms with Gasteiger partial charge in [-0.1, -0.05) is 25.0 Å². The third-order valence-corrected chi connectivity index (χ3v) is 4.92. The largest absolute Gasteiger partial charge is 0.316 e. The molecule has 2 rings (SSSR count). The molecule has 1 saturated carbocycles. The summed E-state index contributed by atoms with van der Waals surface area (Å²) in [6, 6.07) is 7.08. The average Bonchev–Trinajstić information content (AvgIpc) is 3.13. The average molecular weight is 282 g/mol. The zero-order valence-electron chi connectivity index (χ0n) is 11.5. The Morgan fingerprint density at radius 1 is 1.37 bits per heavy atom. The Morgan fingerprint density at radius 2 is 2.11 bits per heavy atom. The molecule has 1 aromatic carbocycles. The van der Waals surface area contributed by atoms with Gasteiger partial charge in [-0.05, 0) is 44.0 Å². The second-order valence-electron chi connectivity index (χ2n) is 5.38. The molecule has 1 unspecified atom stereocenters. The van der Waals surface area contributed by atoms with Crippen molar-refractivity contribution < 1.29 is 8.42 Å². The van der Waals surface area contributed by atoms with E-state index in [1.54, 1.807) is 18.2 Å². The number of sulfonamides is 1. The Balaban J connectivity index is 2.06. The van der Waals surface area contributed by atoms with Crippen molar-refractivity contribution in [1.82, 2.24) is 10.0 Å². The van der Waals surface area contributed by atoms with Gasteiger partial charge in [0, 0.05) is 12.6 Å². The lowest BCUT2D eigenvalue weighted by molar-refractivity contribution is 0.530. The van der Waals surface area contributed by atoms with E-state index < -0.39 is 10.0 Å². The lowest BCUT2D eigenvalue weighted by atomic mass is 10.2. The standard InChI is InChI=1S/C14H22N2O2S/c1-11(8-12-6-7-12)16-19(17,18)14-5-3-4-13(9-14)10-15-2/h3-5,9,11-12,15-16H,6-8,10H2,1-2H3. The summed E-state index contributed by atoms with van der Waals surface area (Å²) in [5.74, 6) is 0.716. The lowest BCUT2D eigenvalue weighted by Gasteiger charge is -2.14. The Kier molecular flexibility index (Phi) is 4.60. The summed E-state index contributed by atoms with van der Waals surface area (Å²) in [5.41, 5.74) is 0.972. The highest BCUT2D eigenvalue weighted by molar-refractivity contribution is 7.89. The van der Waals surface area contributed by atoms with E-state index in [9.17, 15) is 8.42 Å². The van der Waals surface area contributed by atoms with Crippen LogP contribution in [0.2, 0.25) is 0 Å². The van der Waals surface area contributed by atoms with Crippen LogP contribution in [-0.4, -0.2) is 21.5 Å². The number of hydrogen-bond acceptors (Lipinski definition) is 3. The zero-order valence-corrected chi connectivity index (χ0v) is 12.3. The van der Waals surface area contributed by atoms with Crippen molar-refractivity contribution in [3.63, 3.8) is 0 Å². The van der Waals surface area contributed by atoms with Crippen molar-refractivity contribution in [2.24, 2.45) is 5.92 Å². The highest BCUT2D eigenvalue weighted by Gasteiger charge is 2.26. The highest BCUT2D eigenvalue weighted by Crippen LogP contribution is 2.33. The molecule has 106 valence electrons. The van der Waals surface area contributed by atoms with Crippen molar-refractivity contribution in [2.75, 3.05) is 7.05 Å². The monoisotopic (exact) mass is 282 g/mol. The molecule has 5 heteroatoms. The summed E-state index contributed by atoms with van der Waals surface area (Å²) in [6.07, 6.45) is 3.42. The van der Waals surface area contributed by atoms with Crippen LogP contribution < -0.4 is 10.0 Å². The van der Waals surface area contributed by atoms with Crippen LogP contribution in [0.1, 0.15) is 31.7 Å². The van der Waals surface area contributed by atoms with Crippen molar-refractivity contribution in [3.8, 4) is 0 Å². The summed E-state index contributed by atoms with van der Waals surface area (Å²) < 4.78 is 27.3. The zero-order chi connectivity index (χ0) is 13.9. The molecule has 1 atom stereocenters. The molecule has 0 radical (unpaired) electrons. The van der Waals surface area contributed by atoms with Crippen LogP contribution in [0.15, 0.2) is 29.2 Å². The quantitative estimate of drug-likeness (QED) is 0.802. The third kappa shape index (κ3) is 4.30. The first kappa shape index (κ1) is 14.5. The maximum Gasteiger partial charge on any atom is 0.240 e. The van der Waals surface area contributed by atoms with E-state index in [4.69, 9.17) is 0 Å². The predicted octanol–water partition coefficient (Wildman–Crippen LogP) is 1.87. The van der Waals surface area contributed by atoms with E-state index in [-0.39, 0.29) is 6.04 Å². The molecule has 1 aliphatic carbocycles. The number of nitrogens with one attached hydrogen (secondary N) is 2. The highest BCUT2D eigenvalue weighted by atomic mass is 32.2. The van der Waals surface area contributed by atoms with Gasteiger partial charge >= 0.3 is 0 Å². The van der Waals surface area contributed by atoms with Crippen molar-refractivity contribution in [3.05, 3.63) is 29.8 Å². The Bertz CT molecular complexity index is 524. The summed E-state index contributed by atoms with van der Waals surface area (Å²) in [4.78, 5) is 0.350. The minimum atomic E-state index is -3.40. The molecule has 2 N–H and O–H groups in total. The van der Waals surface area contributed by atoms with Crippen molar-refractivity contribution in [1.29, 1.82) is 0 Å². The van der Waals surface area contributed by atoms with Gasteiger partial charge in [0.25, 0.3) is 0 Å². The first-order valence-electron chi connectivity index (χ1n) is 6.77. The molecule has 0 heterocycles. The van der Waals surface area contributed by atoms with Gasteiger partial charge in [-0.25, -0.2) is 13.1 Å². The fraction of sp³-hybridized carbons (Fsp3) is 0.571. The maximum absolute atomic E-state index is 12.3. The summed E-state index contributed by atoms with van der Waals surface area (Å²) >= 11 is 0. The van der Waals surface area contributed by atoms with E-state index in [0.29, 0.717) is 17.4 Å². The van der Waals surface area contributed by atoms with Gasteiger partial charge in [0.1, 0.15) is 0 Å². The molecule has 0 amide bonds. The normalized spacial score (nSPS) is 17.4. The molecular formula is C14H22N2O2S. The second kappa shape index (κ2) is 6.03. The Labute approximate surface area is 115 Å². The smallest absolute Gasteiger partial charge is 0.240 e. The minimum Gasteiger partial charge on any atom is -0.316 e. The van der Waals surface area contributed by atoms with Gasteiger partial charge in [-0.2, -0.15) is 0 Å². The van der Waals surface area contributed by atoms with E-state index in [0.717, 1.165) is 12.0 Å². The van der Waals surface area contributed by atoms with Crippen LogP contribution in [0.4, 0.5) is 0 Å². The molecule has 1 aromatic rings. The van der Waals surface area contributed by atoms with Crippen LogP contribution in [-0.2, 0) is 16.6 Å². The van der Waals surface area contributed by atoms with Crippen LogP contribution in [0.5, 0.6) is 0 Å². The van der Waals surface area contributed by atoms with Crippen molar-refractivity contribution in [2.45, 2.75) is 43.7 Å². The SMILES string of the molecule is CNCc1cccc(S(=O)(=O)NC(C)CC2CC2)c1. The first-order chi connectivity index (χ1) is 9.01.